The molecule has 1 aromatic rings. The van der Waals surface area contributed by atoms with Crippen LogP contribution in [0.15, 0.2) is 18.3 Å². The molecule has 3 nitrogen and oxygen atoms in total. The third-order valence-electron chi connectivity index (χ3n) is 2.71. The molecule has 15 heavy (non-hydrogen) atoms. The molecule has 4 heteroatoms. The van der Waals surface area contributed by atoms with Gasteiger partial charge in [-0.1, -0.05) is 6.07 Å². The fraction of sp³-hybridized carbons (Fsp3) is 0.455. The van der Waals surface area contributed by atoms with Gasteiger partial charge in [-0.05, 0) is 43.5 Å². The van der Waals surface area contributed by atoms with E-state index in [0.717, 1.165) is 13.1 Å². The summed E-state index contributed by atoms with van der Waals surface area (Å²) in [5.74, 6) is 0.622. The second kappa shape index (κ2) is 5.69. The van der Waals surface area contributed by atoms with Gasteiger partial charge in [0.15, 0.2) is 0 Å². The van der Waals surface area contributed by atoms with E-state index in [-0.39, 0.29) is 12.4 Å². The number of halogens is 1. The lowest BCUT2D eigenvalue weighted by molar-refractivity contribution is 0.459. The molecule has 1 aromatic heterocycles. The fourth-order valence-electron chi connectivity index (χ4n) is 1.87. The van der Waals surface area contributed by atoms with Gasteiger partial charge in [0.1, 0.15) is 11.8 Å². The summed E-state index contributed by atoms with van der Waals surface area (Å²) in [5.41, 5.74) is 1.77. The Kier molecular flexibility index (Phi) is 4.54. The van der Waals surface area contributed by atoms with Crippen LogP contribution in [-0.2, 0) is 0 Å². The van der Waals surface area contributed by atoms with Gasteiger partial charge in [0, 0.05) is 6.20 Å². The molecule has 0 amide bonds. The highest BCUT2D eigenvalue weighted by atomic mass is 35.5. The van der Waals surface area contributed by atoms with Crippen LogP contribution in [0.25, 0.3) is 0 Å². The Labute approximate surface area is 95.9 Å². The van der Waals surface area contributed by atoms with Gasteiger partial charge in [-0.3, -0.25) is 0 Å². The highest BCUT2D eigenvalue weighted by Gasteiger charge is 2.14. The maximum Gasteiger partial charge on any atom is 0.140 e. The molecule has 0 unspecified atom stereocenters. The summed E-state index contributed by atoms with van der Waals surface area (Å²) in [5, 5.41) is 12.0. The molecule has 80 valence electrons. The maximum atomic E-state index is 8.62. The zero-order valence-electron chi connectivity index (χ0n) is 8.44. The minimum atomic E-state index is 0. The molecule has 0 atom stereocenters. The van der Waals surface area contributed by atoms with Crippen molar-refractivity contribution in [3.05, 3.63) is 29.6 Å². The van der Waals surface area contributed by atoms with E-state index in [1.54, 1.807) is 6.07 Å². The van der Waals surface area contributed by atoms with Crippen molar-refractivity contribution in [2.24, 2.45) is 0 Å². The van der Waals surface area contributed by atoms with Gasteiger partial charge in [0.25, 0.3) is 0 Å². The highest BCUT2D eigenvalue weighted by molar-refractivity contribution is 5.85. The van der Waals surface area contributed by atoms with E-state index in [9.17, 15) is 0 Å². The van der Waals surface area contributed by atoms with Gasteiger partial charge < -0.3 is 5.32 Å². The molecule has 1 saturated heterocycles. The Morgan fingerprint density at radius 1 is 1.33 bits per heavy atom. The van der Waals surface area contributed by atoms with Gasteiger partial charge in [-0.2, -0.15) is 5.26 Å². The molecule has 0 aromatic carbocycles. The Balaban J connectivity index is 0.00000112. The first-order valence-electron chi connectivity index (χ1n) is 4.97. The van der Waals surface area contributed by atoms with Gasteiger partial charge >= 0.3 is 0 Å². The lowest BCUT2D eigenvalue weighted by Crippen LogP contribution is -2.26. The summed E-state index contributed by atoms with van der Waals surface area (Å²) in [6.07, 6.45) is 4.19. The monoisotopic (exact) mass is 223 g/mol. The summed E-state index contributed by atoms with van der Waals surface area (Å²) in [6.45, 7) is 2.18. The van der Waals surface area contributed by atoms with E-state index in [4.69, 9.17) is 5.26 Å². The van der Waals surface area contributed by atoms with Crippen molar-refractivity contribution in [1.29, 1.82) is 5.26 Å². The number of piperidine rings is 1. The first-order chi connectivity index (χ1) is 6.90. The summed E-state index contributed by atoms with van der Waals surface area (Å²) in [4.78, 5) is 4.09. The van der Waals surface area contributed by atoms with Gasteiger partial charge in [-0.25, -0.2) is 4.98 Å². The van der Waals surface area contributed by atoms with E-state index in [2.05, 4.69) is 10.3 Å². The summed E-state index contributed by atoms with van der Waals surface area (Å²) in [6, 6.07) is 5.87. The quantitative estimate of drug-likeness (QED) is 0.791. The number of rotatable bonds is 1. The van der Waals surface area contributed by atoms with Crippen LogP contribution in [0.2, 0.25) is 0 Å². The SMILES string of the molecule is Cl.N#Cc1ccc(C2CCNCC2)cn1. The number of hydrogen-bond acceptors (Lipinski definition) is 3. The van der Waals surface area contributed by atoms with Crippen LogP contribution in [0.1, 0.15) is 30.0 Å². The minimum absolute atomic E-state index is 0. The average molecular weight is 224 g/mol. The predicted molar refractivity (Wildman–Crippen MR) is 61.0 cm³/mol. The first-order valence-corrected chi connectivity index (χ1v) is 4.97. The zero-order chi connectivity index (χ0) is 9.80. The van der Waals surface area contributed by atoms with Gasteiger partial charge in [-0.15, -0.1) is 12.4 Å². The van der Waals surface area contributed by atoms with Crippen LogP contribution in [0.5, 0.6) is 0 Å². The molecule has 1 aliphatic rings. The summed E-state index contributed by atoms with van der Waals surface area (Å²) < 4.78 is 0. The number of nitrogens with one attached hydrogen (secondary N) is 1. The van der Waals surface area contributed by atoms with Crippen molar-refractivity contribution in [3.8, 4) is 6.07 Å². The molecular formula is C11H14ClN3. The molecule has 0 bridgehead atoms. The topological polar surface area (TPSA) is 48.7 Å². The first kappa shape index (κ1) is 12.0. The van der Waals surface area contributed by atoms with E-state index < -0.39 is 0 Å². The minimum Gasteiger partial charge on any atom is -0.317 e. The van der Waals surface area contributed by atoms with E-state index in [0.29, 0.717) is 11.6 Å². The van der Waals surface area contributed by atoms with Crippen LogP contribution in [0.4, 0.5) is 0 Å². The highest BCUT2D eigenvalue weighted by Crippen LogP contribution is 2.24. The normalized spacial score (nSPS) is 16.5. The smallest absolute Gasteiger partial charge is 0.140 e. The number of nitriles is 1. The Morgan fingerprint density at radius 2 is 2.07 bits per heavy atom. The Morgan fingerprint density at radius 3 is 2.60 bits per heavy atom. The fourth-order valence-corrected chi connectivity index (χ4v) is 1.87. The predicted octanol–water partition coefficient (Wildman–Crippen LogP) is 1.84. The lowest BCUT2D eigenvalue weighted by Gasteiger charge is -2.22. The Bertz CT molecular complexity index is 336. The second-order valence-electron chi connectivity index (χ2n) is 3.61. The zero-order valence-corrected chi connectivity index (χ0v) is 9.26. The average Bonchev–Trinajstić information content (AvgIpc) is 2.30. The number of hydrogen-bond donors (Lipinski definition) is 1. The van der Waals surface area contributed by atoms with E-state index in [1.807, 2.05) is 18.3 Å². The lowest BCUT2D eigenvalue weighted by atomic mass is 9.91. The number of aromatic nitrogens is 1. The molecule has 0 saturated carbocycles. The number of pyridine rings is 1. The molecule has 2 rings (SSSR count). The molecule has 0 aliphatic carbocycles. The van der Waals surface area contributed by atoms with Crippen molar-refractivity contribution >= 4 is 12.4 Å². The number of nitrogens with zero attached hydrogens (tertiary/aromatic N) is 2. The van der Waals surface area contributed by atoms with Gasteiger partial charge in [0.2, 0.25) is 0 Å². The maximum absolute atomic E-state index is 8.62. The standard InChI is InChI=1S/C11H13N3.ClH/c12-7-11-2-1-10(8-14-11)9-3-5-13-6-4-9;/h1-2,8-9,13H,3-6H2;1H. The molecule has 1 N–H and O–H groups in total. The molecule has 0 spiro atoms. The van der Waals surface area contributed by atoms with Crippen molar-refractivity contribution in [1.82, 2.24) is 10.3 Å². The second-order valence-corrected chi connectivity index (χ2v) is 3.61. The van der Waals surface area contributed by atoms with Crippen molar-refractivity contribution in [2.75, 3.05) is 13.1 Å². The molecule has 0 radical (unpaired) electrons. The van der Waals surface area contributed by atoms with E-state index in [1.165, 1.54) is 18.4 Å². The molecule has 1 fully saturated rings. The van der Waals surface area contributed by atoms with Gasteiger partial charge in [0.05, 0.1) is 0 Å². The van der Waals surface area contributed by atoms with Crippen molar-refractivity contribution in [3.63, 3.8) is 0 Å². The molecule has 1 aliphatic heterocycles. The van der Waals surface area contributed by atoms with Crippen LogP contribution >= 0.6 is 12.4 Å². The van der Waals surface area contributed by atoms with Crippen LogP contribution in [-0.4, -0.2) is 18.1 Å². The van der Waals surface area contributed by atoms with Crippen molar-refractivity contribution < 1.29 is 0 Å². The van der Waals surface area contributed by atoms with E-state index >= 15 is 0 Å². The molecule has 2 heterocycles. The third-order valence-corrected chi connectivity index (χ3v) is 2.71. The van der Waals surface area contributed by atoms with Crippen LogP contribution in [0.3, 0.4) is 0 Å². The van der Waals surface area contributed by atoms with Crippen LogP contribution < -0.4 is 5.32 Å². The largest absolute Gasteiger partial charge is 0.317 e. The van der Waals surface area contributed by atoms with Crippen molar-refractivity contribution in [2.45, 2.75) is 18.8 Å². The van der Waals surface area contributed by atoms with Crippen LogP contribution in [0, 0.1) is 11.3 Å². The molecular weight excluding hydrogens is 210 g/mol. The third kappa shape index (κ3) is 2.92. The Hall–Kier alpha value is -1.11. The summed E-state index contributed by atoms with van der Waals surface area (Å²) in [7, 11) is 0. The summed E-state index contributed by atoms with van der Waals surface area (Å²) >= 11 is 0.